The molecule has 1 aliphatic rings. The highest BCUT2D eigenvalue weighted by atomic mass is 35.5. The molecule has 0 radical (unpaired) electrons. The van der Waals surface area contributed by atoms with Crippen molar-refractivity contribution in [2.45, 2.75) is 4.21 Å². The Bertz CT molecular complexity index is 1330. The molecule has 2 aromatic heterocycles. The van der Waals surface area contributed by atoms with Crippen LogP contribution in [0.3, 0.4) is 0 Å². The van der Waals surface area contributed by atoms with Gasteiger partial charge in [-0.25, -0.2) is 4.98 Å². The van der Waals surface area contributed by atoms with Crippen molar-refractivity contribution >= 4 is 72.8 Å². The maximum atomic E-state index is 12.9. The number of halogens is 1. The smallest absolute Gasteiger partial charge is 0.282 e. The van der Waals surface area contributed by atoms with Crippen LogP contribution in [0.25, 0.3) is 17.0 Å². The zero-order valence-corrected chi connectivity index (χ0v) is 18.6. The lowest BCUT2D eigenvalue weighted by atomic mass is 10.2. The normalized spacial score (nSPS) is 17.4. The van der Waals surface area contributed by atoms with Gasteiger partial charge in [-0.15, -0.1) is 22.3 Å². The second-order valence-electron chi connectivity index (χ2n) is 6.15. The first kappa shape index (κ1) is 20.8. The van der Waals surface area contributed by atoms with Crippen molar-refractivity contribution in [3.05, 3.63) is 76.1 Å². The third kappa shape index (κ3) is 4.20. The van der Waals surface area contributed by atoms with E-state index in [4.69, 9.17) is 11.6 Å². The number of pyridine rings is 1. The summed E-state index contributed by atoms with van der Waals surface area (Å²) in [5, 5.41) is 1.05. The highest BCUT2D eigenvalue weighted by molar-refractivity contribution is 8.19. The molecule has 10 heteroatoms. The second-order valence-corrected chi connectivity index (χ2v) is 10.7. The van der Waals surface area contributed by atoms with Crippen molar-refractivity contribution in [3.63, 3.8) is 0 Å². The second kappa shape index (κ2) is 8.35. The number of amides is 1. The van der Waals surface area contributed by atoms with Crippen LogP contribution in [0.1, 0.15) is 5.69 Å². The molecule has 1 aromatic carbocycles. The van der Waals surface area contributed by atoms with Crippen LogP contribution in [0.5, 0.6) is 0 Å². The largest absolute Gasteiger partial charge is 0.294 e. The molecule has 1 aliphatic heterocycles. The summed E-state index contributed by atoms with van der Waals surface area (Å²) in [4.78, 5) is 19.0. The summed E-state index contributed by atoms with van der Waals surface area (Å²) in [6.45, 7) is 3.77. The molecule has 152 valence electrons. The van der Waals surface area contributed by atoms with Gasteiger partial charge in [-0.1, -0.05) is 41.9 Å². The van der Waals surface area contributed by atoms with Gasteiger partial charge in [-0.05, 0) is 42.1 Å². The number of aromatic nitrogens is 1. The lowest BCUT2D eigenvalue weighted by Gasteiger charge is -2.12. The number of thiophene rings is 1. The van der Waals surface area contributed by atoms with E-state index in [2.05, 4.69) is 16.0 Å². The van der Waals surface area contributed by atoms with Gasteiger partial charge in [-0.2, -0.15) is 8.42 Å². The molecule has 0 aliphatic carbocycles. The molecule has 1 saturated heterocycles. The number of para-hydroxylation sites is 1. The fourth-order valence-electron chi connectivity index (χ4n) is 2.75. The molecule has 4 rings (SSSR count). The number of hydrogen-bond acceptors (Lipinski definition) is 6. The molecule has 6 nitrogen and oxygen atoms in total. The van der Waals surface area contributed by atoms with Gasteiger partial charge in [0, 0.05) is 11.9 Å². The zero-order valence-electron chi connectivity index (χ0n) is 15.4. The number of amidine groups is 1. The van der Waals surface area contributed by atoms with Crippen LogP contribution in [0.4, 0.5) is 0 Å². The summed E-state index contributed by atoms with van der Waals surface area (Å²) < 4.78 is 29.5. The number of nitrogens with zero attached hydrogens (tertiary/aromatic N) is 3. The van der Waals surface area contributed by atoms with Crippen LogP contribution in [-0.4, -0.2) is 35.9 Å². The number of sulfonamides is 1. The van der Waals surface area contributed by atoms with Gasteiger partial charge in [0.25, 0.3) is 15.9 Å². The van der Waals surface area contributed by atoms with E-state index < -0.39 is 10.0 Å². The lowest BCUT2D eigenvalue weighted by molar-refractivity contribution is -0.121. The molecule has 0 unspecified atom stereocenters. The van der Waals surface area contributed by atoms with Gasteiger partial charge in [0.1, 0.15) is 4.21 Å². The van der Waals surface area contributed by atoms with Gasteiger partial charge in [0.15, 0.2) is 5.17 Å². The van der Waals surface area contributed by atoms with E-state index in [0.717, 1.165) is 34.0 Å². The Hall–Kier alpha value is -2.46. The maximum absolute atomic E-state index is 12.9. The van der Waals surface area contributed by atoms with Gasteiger partial charge in [-0.3, -0.25) is 9.69 Å². The first-order valence-corrected chi connectivity index (χ1v) is 12.1. The van der Waals surface area contributed by atoms with Crippen LogP contribution in [-0.2, 0) is 14.8 Å². The number of rotatable bonds is 5. The first-order chi connectivity index (χ1) is 14.4. The predicted molar refractivity (Wildman–Crippen MR) is 123 cm³/mol. The molecule has 0 spiro atoms. The number of hydrogen-bond donors (Lipinski definition) is 0. The van der Waals surface area contributed by atoms with Gasteiger partial charge >= 0.3 is 0 Å². The monoisotopic (exact) mass is 475 g/mol. The van der Waals surface area contributed by atoms with Gasteiger partial charge < -0.3 is 0 Å². The average Bonchev–Trinajstić information content (AvgIpc) is 3.28. The summed E-state index contributed by atoms with van der Waals surface area (Å²) in [6.07, 6.45) is 3.15. The molecule has 30 heavy (non-hydrogen) atoms. The van der Waals surface area contributed by atoms with Crippen LogP contribution in [0.2, 0.25) is 4.34 Å². The summed E-state index contributed by atoms with van der Waals surface area (Å²) in [7, 11) is -3.99. The molecule has 3 aromatic rings. The Kier molecular flexibility index (Phi) is 5.79. The Labute approximate surface area is 186 Å². The zero-order chi connectivity index (χ0) is 21.3. The number of carbonyl (C=O) groups excluding carboxylic acids is 1. The highest BCUT2D eigenvalue weighted by Crippen LogP contribution is 2.35. The number of fused-ring (bicyclic) bond motifs is 1. The van der Waals surface area contributed by atoms with E-state index in [0.29, 0.717) is 14.9 Å². The van der Waals surface area contributed by atoms with Crippen molar-refractivity contribution in [2.24, 2.45) is 4.40 Å². The van der Waals surface area contributed by atoms with E-state index >= 15 is 0 Å². The van der Waals surface area contributed by atoms with E-state index in [1.807, 2.05) is 30.3 Å². The minimum Gasteiger partial charge on any atom is -0.282 e. The van der Waals surface area contributed by atoms with Crippen LogP contribution >= 0.6 is 34.7 Å². The van der Waals surface area contributed by atoms with E-state index in [1.165, 1.54) is 23.1 Å². The Morgan fingerprint density at radius 3 is 2.70 bits per heavy atom. The van der Waals surface area contributed by atoms with E-state index in [9.17, 15) is 13.2 Å². The number of thioether (sulfide) groups is 1. The van der Waals surface area contributed by atoms with Crippen molar-refractivity contribution in [1.29, 1.82) is 0 Å². The highest BCUT2D eigenvalue weighted by Gasteiger charge is 2.34. The van der Waals surface area contributed by atoms with E-state index in [-0.39, 0.29) is 21.8 Å². The Morgan fingerprint density at radius 2 is 1.97 bits per heavy atom. The van der Waals surface area contributed by atoms with Crippen LogP contribution in [0, 0.1) is 0 Å². The van der Waals surface area contributed by atoms with Gasteiger partial charge in [0.05, 0.1) is 20.5 Å². The first-order valence-electron chi connectivity index (χ1n) is 8.66. The summed E-state index contributed by atoms with van der Waals surface area (Å²) in [6, 6.07) is 14.3. The third-order valence-corrected chi connectivity index (χ3v) is 8.19. The predicted octanol–water partition coefficient (Wildman–Crippen LogP) is 4.80. The molecular formula is C20H14ClN3O3S3. The molecule has 0 atom stereocenters. The Morgan fingerprint density at radius 1 is 1.17 bits per heavy atom. The van der Waals surface area contributed by atoms with Crippen molar-refractivity contribution < 1.29 is 13.2 Å². The quantitative estimate of drug-likeness (QED) is 0.391. The minimum atomic E-state index is -3.99. The van der Waals surface area contributed by atoms with Crippen LogP contribution in [0.15, 0.2) is 74.7 Å². The van der Waals surface area contributed by atoms with Gasteiger partial charge in [0.2, 0.25) is 0 Å². The van der Waals surface area contributed by atoms with Crippen molar-refractivity contribution in [2.75, 3.05) is 6.54 Å². The van der Waals surface area contributed by atoms with Crippen molar-refractivity contribution in [1.82, 2.24) is 9.88 Å². The summed E-state index contributed by atoms with van der Waals surface area (Å²) >= 11 is 7.74. The van der Waals surface area contributed by atoms with Crippen LogP contribution < -0.4 is 0 Å². The third-order valence-electron chi connectivity index (χ3n) is 4.10. The summed E-state index contributed by atoms with van der Waals surface area (Å²) in [5.74, 6) is -0.354. The topological polar surface area (TPSA) is 79.7 Å². The SMILES string of the molecule is C=CCN1C(=O)C(=Cc2ccc3ccccc3n2)SC1=NS(=O)(=O)c1ccc(Cl)s1. The maximum Gasteiger partial charge on any atom is 0.294 e. The molecule has 3 heterocycles. The Balaban J connectivity index is 1.71. The number of carbonyl (C=O) groups is 1. The standard InChI is InChI=1S/C20H14ClN3O3S3/c1-2-11-24-19(25)16(12-14-8-7-13-5-3-4-6-15(13)22-14)28-20(24)23-30(26,27)18-10-9-17(21)29-18/h2-10,12H,1,11H2. The fraction of sp³-hybridized carbons (Fsp3) is 0.0500. The van der Waals surface area contributed by atoms with Crippen molar-refractivity contribution in [3.8, 4) is 0 Å². The number of benzene rings is 1. The molecule has 1 amide bonds. The lowest BCUT2D eigenvalue weighted by Crippen LogP contribution is -2.29. The molecular weight excluding hydrogens is 462 g/mol. The fourth-order valence-corrected chi connectivity index (χ4v) is 6.38. The van der Waals surface area contributed by atoms with E-state index in [1.54, 1.807) is 12.1 Å². The molecule has 0 N–H and O–H groups in total. The molecule has 0 saturated carbocycles. The average molecular weight is 476 g/mol. The minimum absolute atomic E-state index is 0.0141. The summed E-state index contributed by atoms with van der Waals surface area (Å²) in [5.41, 5.74) is 1.40. The molecule has 0 bridgehead atoms. The molecule has 1 fully saturated rings.